The average molecular weight is 249 g/mol. The number of nitrogens with zero attached hydrogens (tertiary/aromatic N) is 1. The number of rotatable bonds is 4. The first kappa shape index (κ1) is 13.1. The Bertz CT molecular complexity index is 504. The summed E-state index contributed by atoms with van der Waals surface area (Å²) in [5.41, 5.74) is 7.75. The van der Waals surface area contributed by atoms with Crippen molar-refractivity contribution in [3.05, 3.63) is 65.7 Å². The van der Waals surface area contributed by atoms with E-state index in [0.29, 0.717) is 27.6 Å². The van der Waals surface area contributed by atoms with Crippen LogP contribution in [0.3, 0.4) is 0 Å². The highest BCUT2D eigenvalue weighted by Gasteiger charge is 2.11. The van der Waals surface area contributed by atoms with E-state index in [1.165, 1.54) is 0 Å². The minimum absolute atomic E-state index is 0.305. The van der Waals surface area contributed by atoms with Crippen molar-refractivity contribution >= 4 is 23.0 Å². The summed E-state index contributed by atoms with van der Waals surface area (Å²) >= 11 is 5.89. The number of oxime groups is 1. The van der Waals surface area contributed by atoms with Crippen molar-refractivity contribution in [3.63, 3.8) is 0 Å². The lowest BCUT2D eigenvalue weighted by Crippen LogP contribution is -2.07. The molecule has 88 valence electrons. The molecule has 3 N–H and O–H groups in total. The fourth-order valence-corrected chi connectivity index (χ4v) is 1.54. The maximum absolute atomic E-state index is 9.09. The van der Waals surface area contributed by atoms with Crippen molar-refractivity contribution in [1.29, 1.82) is 0 Å². The van der Waals surface area contributed by atoms with Gasteiger partial charge in [0.25, 0.3) is 0 Å². The van der Waals surface area contributed by atoms with E-state index in [-0.39, 0.29) is 0 Å². The van der Waals surface area contributed by atoms with E-state index in [2.05, 4.69) is 18.3 Å². The van der Waals surface area contributed by atoms with Gasteiger partial charge in [0.1, 0.15) is 5.71 Å². The molecule has 0 radical (unpaired) electrons. The van der Waals surface area contributed by atoms with Gasteiger partial charge in [0.15, 0.2) is 0 Å². The first-order valence-electron chi connectivity index (χ1n) is 4.87. The lowest BCUT2D eigenvalue weighted by atomic mass is 10.0. The molecule has 0 spiro atoms. The van der Waals surface area contributed by atoms with Crippen LogP contribution in [0.25, 0.3) is 0 Å². The van der Waals surface area contributed by atoms with Gasteiger partial charge in [-0.2, -0.15) is 0 Å². The summed E-state index contributed by atoms with van der Waals surface area (Å²) in [6.45, 7) is 7.22. The van der Waals surface area contributed by atoms with E-state index in [0.717, 1.165) is 0 Å². The summed E-state index contributed by atoms with van der Waals surface area (Å²) in [7, 11) is 0. The van der Waals surface area contributed by atoms with Crippen LogP contribution >= 0.6 is 11.6 Å². The second-order valence-corrected chi connectivity index (χ2v) is 3.68. The van der Waals surface area contributed by atoms with Crippen LogP contribution in [0, 0.1) is 0 Å². The predicted molar refractivity (Wildman–Crippen MR) is 72.7 cm³/mol. The minimum Gasteiger partial charge on any atom is -0.410 e. The zero-order valence-electron chi connectivity index (χ0n) is 9.23. The summed E-state index contributed by atoms with van der Waals surface area (Å²) in [5.74, 6) is 0. The van der Waals surface area contributed by atoms with Crippen molar-refractivity contribution in [3.8, 4) is 0 Å². The fourth-order valence-electron chi connectivity index (χ4n) is 1.37. The zero-order valence-corrected chi connectivity index (χ0v) is 9.98. The molecule has 0 fully saturated rings. The Morgan fingerprint density at radius 3 is 2.65 bits per heavy atom. The maximum atomic E-state index is 9.09. The molecule has 0 atom stereocenters. The number of hydrogen-bond donors (Lipinski definition) is 2. The minimum atomic E-state index is 0.305. The fraction of sp³-hybridized carbons (Fsp3) is 0. The van der Waals surface area contributed by atoms with Crippen molar-refractivity contribution in [2.24, 2.45) is 5.16 Å². The molecule has 0 aliphatic carbocycles. The quantitative estimate of drug-likeness (QED) is 0.282. The monoisotopic (exact) mass is 248 g/mol. The Morgan fingerprint density at radius 1 is 1.41 bits per heavy atom. The average Bonchev–Trinajstić information content (AvgIpc) is 2.33. The highest BCUT2D eigenvalue weighted by molar-refractivity contribution is 6.31. The normalized spacial score (nSPS) is 12.3. The third kappa shape index (κ3) is 2.98. The molecule has 0 heterocycles. The first-order valence-corrected chi connectivity index (χ1v) is 5.24. The molecule has 17 heavy (non-hydrogen) atoms. The zero-order chi connectivity index (χ0) is 12.8. The Hall–Kier alpha value is -2.00. The van der Waals surface area contributed by atoms with Crippen LogP contribution in [0.1, 0.15) is 5.56 Å². The van der Waals surface area contributed by atoms with Gasteiger partial charge in [0.2, 0.25) is 0 Å². The molecular formula is C13H13ClN2O. The van der Waals surface area contributed by atoms with Crippen molar-refractivity contribution in [2.45, 2.75) is 0 Å². The van der Waals surface area contributed by atoms with Crippen LogP contribution in [-0.4, -0.2) is 10.9 Å². The summed E-state index contributed by atoms with van der Waals surface area (Å²) in [6.07, 6.45) is 4.79. The van der Waals surface area contributed by atoms with E-state index >= 15 is 0 Å². The lowest BCUT2D eigenvalue weighted by molar-refractivity contribution is 0.319. The Balaban J connectivity index is 3.37. The molecule has 4 heteroatoms. The second-order valence-electron chi connectivity index (χ2n) is 3.24. The number of nitrogens with two attached hydrogens (primary N) is 1. The van der Waals surface area contributed by atoms with E-state index in [1.807, 2.05) is 0 Å². The van der Waals surface area contributed by atoms with Crippen molar-refractivity contribution < 1.29 is 5.21 Å². The standard InChI is InChI=1S/C13H13ClN2O/c1-3-5-9(4-2)13(16-17)11-8-10(14)6-7-12(11)15/h3-8,17H,1-2,15H2/b9-5+,16-13+. The first-order chi connectivity index (χ1) is 8.13. The van der Waals surface area contributed by atoms with Crippen LogP contribution in [-0.2, 0) is 0 Å². The van der Waals surface area contributed by atoms with Gasteiger partial charge in [-0.1, -0.05) is 48.1 Å². The Labute approximate surface area is 105 Å². The topological polar surface area (TPSA) is 58.6 Å². The van der Waals surface area contributed by atoms with Gasteiger partial charge in [0.05, 0.1) is 0 Å². The molecule has 1 aromatic carbocycles. The van der Waals surface area contributed by atoms with Crippen molar-refractivity contribution in [2.75, 3.05) is 5.73 Å². The van der Waals surface area contributed by atoms with Gasteiger partial charge in [-0.15, -0.1) is 0 Å². The van der Waals surface area contributed by atoms with Gasteiger partial charge >= 0.3 is 0 Å². The number of hydrogen-bond acceptors (Lipinski definition) is 3. The maximum Gasteiger partial charge on any atom is 0.119 e. The summed E-state index contributed by atoms with van der Waals surface area (Å²) < 4.78 is 0. The molecule has 3 nitrogen and oxygen atoms in total. The third-order valence-electron chi connectivity index (χ3n) is 2.16. The Morgan fingerprint density at radius 2 is 2.12 bits per heavy atom. The summed E-state index contributed by atoms with van der Waals surface area (Å²) in [4.78, 5) is 0. The SMILES string of the molecule is C=C/C=C(C=C)/C(=N\O)c1cc(Cl)ccc1N. The number of nitrogen functional groups attached to an aromatic ring is 1. The molecule has 1 aromatic rings. The predicted octanol–water partition coefficient (Wildman–Crippen LogP) is 3.40. The van der Waals surface area contributed by atoms with Crippen LogP contribution in [0.4, 0.5) is 5.69 Å². The third-order valence-corrected chi connectivity index (χ3v) is 2.40. The number of anilines is 1. The molecule has 0 aliphatic rings. The van der Waals surface area contributed by atoms with E-state index in [9.17, 15) is 0 Å². The number of allylic oxidation sites excluding steroid dienone is 4. The Kier molecular flexibility index (Phi) is 4.55. The van der Waals surface area contributed by atoms with Crippen molar-refractivity contribution in [1.82, 2.24) is 0 Å². The second kappa shape index (κ2) is 5.92. The molecule has 0 aromatic heterocycles. The van der Waals surface area contributed by atoms with Crippen LogP contribution in [0.15, 0.2) is 60.3 Å². The van der Waals surface area contributed by atoms with Gasteiger partial charge in [0, 0.05) is 21.8 Å². The molecule has 0 saturated carbocycles. The van der Waals surface area contributed by atoms with Gasteiger partial charge in [-0.3, -0.25) is 0 Å². The van der Waals surface area contributed by atoms with Gasteiger partial charge in [-0.05, 0) is 18.2 Å². The highest BCUT2D eigenvalue weighted by Crippen LogP contribution is 2.22. The van der Waals surface area contributed by atoms with E-state index in [1.54, 1.807) is 36.4 Å². The molecule has 1 rings (SSSR count). The van der Waals surface area contributed by atoms with E-state index in [4.69, 9.17) is 22.5 Å². The van der Waals surface area contributed by atoms with Crippen LogP contribution in [0.2, 0.25) is 5.02 Å². The summed E-state index contributed by atoms with van der Waals surface area (Å²) in [6, 6.07) is 4.95. The molecule has 0 saturated heterocycles. The molecule has 0 amide bonds. The van der Waals surface area contributed by atoms with Crippen LogP contribution < -0.4 is 5.73 Å². The van der Waals surface area contributed by atoms with E-state index < -0.39 is 0 Å². The largest absolute Gasteiger partial charge is 0.410 e. The summed E-state index contributed by atoms with van der Waals surface area (Å²) in [5, 5.41) is 12.8. The van der Waals surface area contributed by atoms with Gasteiger partial charge < -0.3 is 10.9 Å². The smallest absolute Gasteiger partial charge is 0.119 e. The lowest BCUT2D eigenvalue weighted by Gasteiger charge is -2.08. The number of halogens is 1. The molecular weight excluding hydrogens is 236 g/mol. The number of benzene rings is 1. The molecule has 0 unspecified atom stereocenters. The molecule has 0 bridgehead atoms. The highest BCUT2D eigenvalue weighted by atomic mass is 35.5. The molecule has 0 aliphatic heterocycles. The van der Waals surface area contributed by atoms with Gasteiger partial charge in [-0.25, -0.2) is 0 Å². The van der Waals surface area contributed by atoms with Crippen LogP contribution in [0.5, 0.6) is 0 Å².